The van der Waals surface area contributed by atoms with Crippen LogP contribution in [0.15, 0.2) is 122 Å². The van der Waals surface area contributed by atoms with Gasteiger partial charge in [0.05, 0.1) is 64.0 Å². The van der Waals surface area contributed by atoms with Crippen LogP contribution in [0.3, 0.4) is 0 Å². The van der Waals surface area contributed by atoms with E-state index >= 15 is 0 Å². The topological polar surface area (TPSA) is 161 Å². The Kier molecular flexibility index (Phi) is 17.0. The van der Waals surface area contributed by atoms with E-state index in [1.807, 2.05) is 0 Å². The van der Waals surface area contributed by atoms with Crippen molar-refractivity contribution in [3.8, 4) is 23.0 Å². The summed E-state index contributed by atoms with van der Waals surface area (Å²) in [6, 6.07) is 26.9. The van der Waals surface area contributed by atoms with Gasteiger partial charge in [-0.25, -0.2) is 19.2 Å². The normalized spacial score (nSPS) is 14.7. The smallest absolute Gasteiger partial charge is 0.343 e. The average Bonchev–Trinajstić information content (AvgIpc) is 3.26. The molecule has 304 valence electrons. The van der Waals surface area contributed by atoms with E-state index in [-0.39, 0.29) is 26.4 Å². The summed E-state index contributed by atoms with van der Waals surface area (Å²) in [6.45, 7) is 8.85. The van der Waals surface area contributed by atoms with Crippen LogP contribution in [0.2, 0.25) is 0 Å². The van der Waals surface area contributed by atoms with Crippen molar-refractivity contribution in [1.29, 1.82) is 0 Å². The van der Waals surface area contributed by atoms with E-state index in [1.165, 1.54) is 0 Å². The van der Waals surface area contributed by atoms with Gasteiger partial charge in [-0.1, -0.05) is 37.4 Å². The Balaban J connectivity index is 0.999. The van der Waals surface area contributed by atoms with Crippen molar-refractivity contribution in [2.24, 2.45) is 0 Å². The van der Waals surface area contributed by atoms with Gasteiger partial charge in [-0.05, 0) is 83.9 Å². The predicted octanol–water partition coefficient (Wildman–Crippen LogP) is 6.55. The van der Waals surface area contributed by atoms with Crippen molar-refractivity contribution in [3.63, 3.8) is 0 Å². The molecule has 4 aromatic rings. The van der Waals surface area contributed by atoms with Crippen molar-refractivity contribution < 1.29 is 66.5 Å². The third kappa shape index (κ3) is 14.3. The van der Waals surface area contributed by atoms with Gasteiger partial charge in [0.15, 0.2) is 0 Å². The van der Waals surface area contributed by atoms with Crippen LogP contribution in [0.5, 0.6) is 23.0 Å². The maximum absolute atomic E-state index is 12.7. The Morgan fingerprint density at radius 1 is 0.517 bits per heavy atom. The molecule has 0 radical (unpaired) electrons. The molecule has 0 aromatic heterocycles. The molecule has 1 aliphatic rings. The molecular weight excluding hydrogens is 752 g/mol. The van der Waals surface area contributed by atoms with Crippen LogP contribution in [0.25, 0.3) is 0 Å². The molecular formula is C44H44O14. The maximum Gasteiger partial charge on any atom is 0.343 e. The molecule has 1 saturated heterocycles. The van der Waals surface area contributed by atoms with Gasteiger partial charge in [0.1, 0.15) is 23.0 Å². The molecule has 1 aliphatic heterocycles. The van der Waals surface area contributed by atoms with E-state index in [9.17, 15) is 19.2 Å². The number of carbonyl (C=O) groups is 4. The van der Waals surface area contributed by atoms with E-state index in [0.717, 1.165) is 23.3 Å². The first-order chi connectivity index (χ1) is 28.3. The lowest BCUT2D eigenvalue weighted by atomic mass is 10.2. The van der Waals surface area contributed by atoms with Gasteiger partial charge < -0.3 is 47.4 Å². The fraction of sp³-hybridized carbons (Fsp3) is 0.273. The fourth-order valence-corrected chi connectivity index (χ4v) is 5.07. The van der Waals surface area contributed by atoms with Crippen molar-refractivity contribution in [2.45, 2.75) is 38.6 Å². The molecule has 0 amide bonds. The van der Waals surface area contributed by atoms with Crippen molar-refractivity contribution in [1.82, 2.24) is 0 Å². The van der Waals surface area contributed by atoms with E-state index in [0.29, 0.717) is 73.4 Å². The van der Waals surface area contributed by atoms with Crippen LogP contribution < -0.4 is 18.9 Å². The summed E-state index contributed by atoms with van der Waals surface area (Å²) in [6.07, 6.45) is 1.66. The molecule has 14 heteroatoms. The highest BCUT2D eigenvalue weighted by Crippen LogP contribution is 2.22. The number of benzene rings is 4. The third-order valence-corrected chi connectivity index (χ3v) is 8.08. The molecule has 2 unspecified atom stereocenters. The number of carbonyl (C=O) groups excluding carboxylic acids is 4. The summed E-state index contributed by atoms with van der Waals surface area (Å²) in [7, 11) is 0. The quantitative estimate of drug-likeness (QED) is 0.0364. The third-order valence-electron chi connectivity index (χ3n) is 8.08. The number of esters is 4. The van der Waals surface area contributed by atoms with Gasteiger partial charge in [0.25, 0.3) is 0 Å². The molecule has 0 aliphatic carbocycles. The number of rotatable bonds is 22. The lowest BCUT2D eigenvalue weighted by Gasteiger charge is -2.31. The molecule has 4 aromatic carbocycles. The van der Waals surface area contributed by atoms with E-state index in [4.69, 9.17) is 47.4 Å². The number of hydrogen-bond acceptors (Lipinski definition) is 14. The Morgan fingerprint density at radius 2 is 0.879 bits per heavy atom. The van der Waals surface area contributed by atoms with Gasteiger partial charge >= 0.3 is 23.9 Å². The van der Waals surface area contributed by atoms with Crippen LogP contribution in [0, 0.1) is 0 Å². The predicted molar refractivity (Wildman–Crippen MR) is 207 cm³/mol. The molecule has 0 spiro atoms. The Labute approximate surface area is 335 Å². The van der Waals surface area contributed by atoms with Crippen LogP contribution in [0.4, 0.5) is 0 Å². The summed E-state index contributed by atoms with van der Waals surface area (Å²) in [5.41, 5.74) is 2.32. The standard InChI is InChI=1S/C44H44O14/c1-3-39(45)51-25-5-23-49-35-19-11-33(12-20-35)41(47)57-37-15-7-31(8-16-37)29-55-43-44(54-28-27-53-43)56-30-32-9-17-38(18-10-32)58-42(48)34-13-21-36(22-14-34)50-24-6-26-52-40(46)4-2/h3-4,7-22,43-44H,1-2,5-6,23-30H2. The maximum atomic E-state index is 12.7. The Morgan fingerprint density at radius 3 is 1.24 bits per heavy atom. The van der Waals surface area contributed by atoms with Crippen molar-refractivity contribution in [2.75, 3.05) is 39.6 Å². The SMILES string of the molecule is C=CC(=O)OCCCOc1ccc(C(=O)Oc2ccc(COC3OCCOC3OCc3ccc(OC(=O)c4ccc(OCCCOC(=O)C=C)cc4)cc3)cc2)cc1. The number of hydrogen-bond donors (Lipinski definition) is 0. The molecule has 0 saturated carbocycles. The van der Waals surface area contributed by atoms with E-state index in [2.05, 4.69) is 13.2 Å². The largest absolute Gasteiger partial charge is 0.493 e. The van der Waals surface area contributed by atoms with Gasteiger partial charge in [0.2, 0.25) is 12.6 Å². The summed E-state index contributed by atoms with van der Waals surface area (Å²) in [5.74, 6) is -0.151. The first-order valence-corrected chi connectivity index (χ1v) is 18.4. The molecule has 0 N–H and O–H groups in total. The van der Waals surface area contributed by atoms with Crippen molar-refractivity contribution >= 4 is 23.9 Å². The summed E-state index contributed by atoms with van der Waals surface area (Å²) >= 11 is 0. The molecule has 0 bridgehead atoms. The highest BCUT2D eigenvalue weighted by molar-refractivity contribution is 5.91. The second kappa shape index (κ2) is 23.0. The second-order valence-corrected chi connectivity index (χ2v) is 12.4. The molecule has 1 heterocycles. The van der Waals surface area contributed by atoms with Gasteiger partial charge in [0, 0.05) is 25.0 Å². The van der Waals surface area contributed by atoms with Gasteiger partial charge in [-0.3, -0.25) is 0 Å². The van der Waals surface area contributed by atoms with Crippen LogP contribution in [0.1, 0.15) is 44.7 Å². The molecule has 58 heavy (non-hydrogen) atoms. The highest BCUT2D eigenvalue weighted by Gasteiger charge is 2.29. The highest BCUT2D eigenvalue weighted by atomic mass is 16.8. The number of ether oxygens (including phenoxy) is 10. The zero-order valence-corrected chi connectivity index (χ0v) is 31.7. The zero-order valence-electron chi connectivity index (χ0n) is 31.7. The van der Waals surface area contributed by atoms with Crippen molar-refractivity contribution in [3.05, 3.63) is 145 Å². The van der Waals surface area contributed by atoms with E-state index in [1.54, 1.807) is 97.1 Å². The molecule has 14 nitrogen and oxygen atoms in total. The monoisotopic (exact) mass is 796 g/mol. The fourth-order valence-electron chi connectivity index (χ4n) is 5.07. The molecule has 2 atom stereocenters. The Hall–Kier alpha value is -6.32. The molecule has 1 fully saturated rings. The van der Waals surface area contributed by atoms with Crippen LogP contribution in [-0.4, -0.2) is 76.1 Å². The van der Waals surface area contributed by atoms with Crippen LogP contribution in [-0.2, 0) is 51.2 Å². The first kappa shape index (κ1) is 42.8. The lowest BCUT2D eigenvalue weighted by Crippen LogP contribution is -2.41. The lowest BCUT2D eigenvalue weighted by molar-refractivity contribution is -0.326. The second-order valence-electron chi connectivity index (χ2n) is 12.4. The minimum absolute atomic E-state index is 0.186. The van der Waals surface area contributed by atoms with Gasteiger partial charge in [-0.2, -0.15) is 0 Å². The minimum Gasteiger partial charge on any atom is -0.493 e. The minimum atomic E-state index is -0.785. The first-order valence-electron chi connectivity index (χ1n) is 18.4. The summed E-state index contributed by atoms with van der Waals surface area (Å²) in [5, 5.41) is 0. The summed E-state index contributed by atoms with van der Waals surface area (Å²) < 4.78 is 55.6. The zero-order chi connectivity index (χ0) is 41.0. The average molecular weight is 797 g/mol. The Bertz CT molecular complexity index is 1800. The van der Waals surface area contributed by atoms with E-state index < -0.39 is 36.5 Å². The van der Waals surface area contributed by atoms with Crippen LogP contribution >= 0.6 is 0 Å². The summed E-state index contributed by atoms with van der Waals surface area (Å²) in [4.78, 5) is 47.5. The molecule has 5 rings (SSSR count). The van der Waals surface area contributed by atoms with Gasteiger partial charge in [-0.15, -0.1) is 0 Å².